The van der Waals surface area contributed by atoms with Gasteiger partial charge in [-0.05, 0) is 23.6 Å². The van der Waals surface area contributed by atoms with Crippen LogP contribution in [0, 0.1) is 0 Å². The molecule has 1 N–H and O–H groups in total. The summed E-state index contributed by atoms with van der Waals surface area (Å²) in [5, 5.41) is 5.00. The van der Waals surface area contributed by atoms with Gasteiger partial charge in [-0.1, -0.05) is 48.5 Å². The SMILES string of the molecule is O=C(Cn1c(-c2ccccc2)nc2ccccc21)NCc1cccs1. The molecule has 4 rings (SSSR count). The highest BCUT2D eigenvalue weighted by Gasteiger charge is 2.14. The number of benzene rings is 2. The Kier molecular flexibility index (Phi) is 4.31. The number of amides is 1. The number of rotatable bonds is 5. The van der Waals surface area contributed by atoms with E-state index in [0.717, 1.165) is 27.3 Å². The van der Waals surface area contributed by atoms with Gasteiger partial charge in [0.25, 0.3) is 0 Å². The molecule has 0 aliphatic carbocycles. The lowest BCUT2D eigenvalue weighted by atomic mass is 10.2. The highest BCUT2D eigenvalue weighted by Crippen LogP contribution is 2.24. The lowest BCUT2D eigenvalue weighted by Crippen LogP contribution is -2.27. The number of hydrogen-bond donors (Lipinski definition) is 1. The van der Waals surface area contributed by atoms with Gasteiger partial charge in [0.2, 0.25) is 5.91 Å². The number of nitrogens with one attached hydrogen (secondary N) is 1. The summed E-state index contributed by atoms with van der Waals surface area (Å²) < 4.78 is 1.98. The van der Waals surface area contributed by atoms with Gasteiger partial charge in [0.1, 0.15) is 12.4 Å². The van der Waals surface area contributed by atoms with Crippen LogP contribution in [0.5, 0.6) is 0 Å². The Morgan fingerprint density at radius 3 is 2.60 bits per heavy atom. The van der Waals surface area contributed by atoms with E-state index in [2.05, 4.69) is 5.32 Å². The van der Waals surface area contributed by atoms with Crippen LogP contribution in [0.1, 0.15) is 4.88 Å². The van der Waals surface area contributed by atoms with E-state index in [0.29, 0.717) is 6.54 Å². The second-order valence-corrected chi connectivity index (χ2v) is 6.76. The predicted octanol–water partition coefficient (Wildman–Crippen LogP) is 4.08. The monoisotopic (exact) mass is 347 g/mol. The highest BCUT2D eigenvalue weighted by molar-refractivity contribution is 7.09. The van der Waals surface area contributed by atoms with E-state index < -0.39 is 0 Å². The number of carbonyl (C=O) groups excluding carboxylic acids is 1. The quantitative estimate of drug-likeness (QED) is 0.591. The van der Waals surface area contributed by atoms with Crippen molar-refractivity contribution in [2.75, 3.05) is 0 Å². The first-order valence-electron chi connectivity index (χ1n) is 8.11. The van der Waals surface area contributed by atoms with Gasteiger partial charge in [0.15, 0.2) is 0 Å². The van der Waals surface area contributed by atoms with Gasteiger partial charge in [0.05, 0.1) is 17.6 Å². The third kappa shape index (κ3) is 3.32. The minimum Gasteiger partial charge on any atom is -0.350 e. The smallest absolute Gasteiger partial charge is 0.240 e. The third-order valence-electron chi connectivity index (χ3n) is 4.03. The molecule has 2 aromatic carbocycles. The van der Waals surface area contributed by atoms with Gasteiger partial charge in [-0.25, -0.2) is 4.98 Å². The van der Waals surface area contributed by atoms with Crippen LogP contribution in [0.25, 0.3) is 22.4 Å². The van der Waals surface area contributed by atoms with E-state index in [1.807, 2.05) is 76.7 Å². The van der Waals surface area contributed by atoms with Crippen molar-refractivity contribution in [3.05, 3.63) is 77.0 Å². The maximum atomic E-state index is 12.5. The molecule has 4 aromatic rings. The minimum absolute atomic E-state index is 0.0197. The average Bonchev–Trinajstić information content (AvgIpc) is 3.29. The first-order chi connectivity index (χ1) is 12.3. The van der Waals surface area contributed by atoms with Crippen LogP contribution in [-0.4, -0.2) is 15.5 Å². The summed E-state index contributed by atoms with van der Waals surface area (Å²) in [6, 6.07) is 21.9. The maximum absolute atomic E-state index is 12.5. The number of imidazole rings is 1. The molecule has 0 atom stereocenters. The summed E-state index contributed by atoms with van der Waals surface area (Å²) in [5.74, 6) is 0.793. The molecule has 0 radical (unpaired) electrons. The first-order valence-corrected chi connectivity index (χ1v) is 8.99. The van der Waals surface area contributed by atoms with E-state index >= 15 is 0 Å². The Balaban J connectivity index is 1.64. The zero-order chi connectivity index (χ0) is 17.1. The summed E-state index contributed by atoms with van der Waals surface area (Å²) in [5.41, 5.74) is 2.87. The lowest BCUT2D eigenvalue weighted by molar-refractivity contribution is -0.121. The van der Waals surface area contributed by atoms with Crippen molar-refractivity contribution in [3.63, 3.8) is 0 Å². The Morgan fingerprint density at radius 2 is 1.80 bits per heavy atom. The molecule has 0 spiro atoms. The van der Waals surface area contributed by atoms with Crippen molar-refractivity contribution >= 4 is 28.3 Å². The fourth-order valence-corrected chi connectivity index (χ4v) is 3.49. The summed E-state index contributed by atoms with van der Waals surface area (Å²) in [6.07, 6.45) is 0. The van der Waals surface area contributed by atoms with Crippen molar-refractivity contribution in [2.45, 2.75) is 13.1 Å². The molecule has 0 unspecified atom stereocenters. The van der Waals surface area contributed by atoms with Crippen LogP contribution in [0.2, 0.25) is 0 Å². The molecule has 0 fully saturated rings. The van der Waals surface area contributed by atoms with E-state index in [4.69, 9.17) is 4.98 Å². The van der Waals surface area contributed by atoms with Crippen molar-refractivity contribution in [1.82, 2.24) is 14.9 Å². The summed E-state index contributed by atoms with van der Waals surface area (Å²) in [6.45, 7) is 0.805. The van der Waals surface area contributed by atoms with E-state index in [1.165, 1.54) is 0 Å². The molecular weight excluding hydrogens is 330 g/mol. The zero-order valence-electron chi connectivity index (χ0n) is 13.6. The van der Waals surface area contributed by atoms with E-state index in [-0.39, 0.29) is 12.5 Å². The fraction of sp³-hybridized carbons (Fsp3) is 0.100. The summed E-state index contributed by atoms with van der Waals surface area (Å²) in [7, 11) is 0. The molecule has 1 amide bonds. The average molecular weight is 347 g/mol. The normalized spacial score (nSPS) is 10.9. The minimum atomic E-state index is -0.0197. The molecule has 0 aliphatic heterocycles. The van der Waals surface area contributed by atoms with Crippen molar-refractivity contribution in [1.29, 1.82) is 0 Å². The Bertz CT molecular complexity index is 990. The highest BCUT2D eigenvalue weighted by atomic mass is 32.1. The van der Waals surface area contributed by atoms with Gasteiger partial charge in [0, 0.05) is 10.4 Å². The van der Waals surface area contributed by atoms with Crippen molar-refractivity contribution < 1.29 is 4.79 Å². The second-order valence-electron chi connectivity index (χ2n) is 5.73. The standard InChI is InChI=1S/C20H17N3OS/c24-19(21-13-16-9-6-12-25-16)14-23-18-11-5-4-10-17(18)22-20(23)15-7-2-1-3-8-15/h1-12H,13-14H2,(H,21,24). The number of nitrogens with zero attached hydrogens (tertiary/aromatic N) is 2. The third-order valence-corrected chi connectivity index (χ3v) is 4.90. The molecule has 124 valence electrons. The summed E-state index contributed by atoms with van der Waals surface area (Å²) >= 11 is 1.64. The maximum Gasteiger partial charge on any atom is 0.240 e. The largest absolute Gasteiger partial charge is 0.350 e. The van der Waals surface area contributed by atoms with Crippen LogP contribution in [-0.2, 0) is 17.9 Å². The number of thiophene rings is 1. The molecule has 0 bridgehead atoms. The van der Waals surface area contributed by atoms with Crippen molar-refractivity contribution in [2.24, 2.45) is 0 Å². The van der Waals surface area contributed by atoms with Crippen LogP contribution in [0.4, 0.5) is 0 Å². The predicted molar refractivity (Wildman–Crippen MR) is 101 cm³/mol. The van der Waals surface area contributed by atoms with Crippen LogP contribution >= 0.6 is 11.3 Å². The number of fused-ring (bicyclic) bond motifs is 1. The van der Waals surface area contributed by atoms with Crippen molar-refractivity contribution in [3.8, 4) is 11.4 Å². The first kappa shape index (κ1) is 15.6. The molecule has 5 heteroatoms. The van der Waals surface area contributed by atoms with Crippen LogP contribution in [0.3, 0.4) is 0 Å². The van der Waals surface area contributed by atoms with Gasteiger partial charge in [-0.2, -0.15) is 0 Å². The zero-order valence-corrected chi connectivity index (χ0v) is 14.4. The van der Waals surface area contributed by atoms with Crippen LogP contribution < -0.4 is 5.32 Å². The number of hydrogen-bond acceptors (Lipinski definition) is 3. The second kappa shape index (κ2) is 6.91. The molecule has 25 heavy (non-hydrogen) atoms. The van der Waals surface area contributed by atoms with Gasteiger partial charge >= 0.3 is 0 Å². The number of aromatic nitrogens is 2. The van der Waals surface area contributed by atoms with Crippen LogP contribution in [0.15, 0.2) is 72.1 Å². The van der Waals surface area contributed by atoms with Gasteiger partial charge in [-0.3, -0.25) is 4.79 Å². The Labute approximate surface area is 149 Å². The van der Waals surface area contributed by atoms with Gasteiger partial charge < -0.3 is 9.88 Å². The molecule has 0 saturated carbocycles. The molecule has 2 heterocycles. The fourth-order valence-electron chi connectivity index (χ4n) is 2.84. The molecular formula is C20H17N3OS. The summed E-state index contributed by atoms with van der Waals surface area (Å²) in [4.78, 5) is 18.4. The Morgan fingerprint density at radius 1 is 1.00 bits per heavy atom. The molecule has 0 aliphatic rings. The Hall–Kier alpha value is -2.92. The molecule has 4 nitrogen and oxygen atoms in total. The number of carbonyl (C=O) groups is 1. The number of para-hydroxylation sites is 2. The molecule has 2 aromatic heterocycles. The molecule has 0 saturated heterocycles. The lowest BCUT2D eigenvalue weighted by Gasteiger charge is -2.10. The van der Waals surface area contributed by atoms with E-state index in [9.17, 15) is 4.79 Å². The topological polar surface area (TPSA) is 46.9 Å². The van der Waals surface area contributed by atoms with E-state index in [1.54, 1.807) is 11.3 Å². The van der Waals surface area contributed by atoms with Gasteiger partial charge in [-0.15, -0.1) is 11.3 Å².